The van der Waals surface area contributed by atoms with Crippen LogP contribution in [0.3, 0.4) is 0 Å². The Morgan fingerprint density at radius 1 is 1.37 bits per heavy atom. The molecule has 0 amide bonds. The molecule has 0 N–H and O–H groups in total. The Hall–Kier alpha value is -2.15. The van der Waals surface area contributed by atoms with Gasteiger partial charge < -0.3 is 9.47 Å². The molecule has 0 saturated carbocycles. The van der Waals surface area contributed by atoms with E-state index >= 15 is 0 Å². The van der Waals surface area contributed by atoms with Crippen LogP contribution in [0.15, 0.2) is 41.0 Å². The zero-order valence-electron chi connectivity index (χ0n) is 9.87. The van der Waals surface area contributed by atoms with E-state index in [4.69, 9.17) is 9.47 Å². The SMILES string of the molecule is COc1ccc(Oc2ncccc2[N+](=O)[O-])c(Br)c1. The number of pyridine rings is 1. The highest BCUT2D eigenvalue weighted by molar-refractivity contribution is 9.10. The Labute approximate surface area is 117 Å². The van der Waals surface area contributed by atoms with E-state index in [1.165, 1.54) is 18.3 Å². The second-order valence-corrected chi connectivity index (χ2v) is 4.34. The minimum atomic E-state index is -0.542. The average Bonchev–Trinajstić information content (AvgIpc) is 2.41. The smallest absolute Gasteiger partial charge is 0.331 e. The molecule has 0 saturated heterocycles. The largest absolute Gasteiger partial charge is 0.497 e. The number of hydrogen-bond donors (Lipinski definition) is 0. The summed E-state index contributed by atoms with van der Waals surface area (Å²) in [4.78, 5) is 14.2. The fourth-order valence-electron chi connectivity index (χ4n) is 1.40. The summed E-state index contributed by atoms with van der Waals surface area (Å²) in [5, 5.41) is 10.9. The highest BCUT2D eigenvalue weighted by atomic mass is 79.9. The summed E-state index contributed by atoms with van der Waals surface area (Å²) in [7, 11) is 1.55. The van der Waals surface area contributed by atoms with Gasteiger partial charge in [-0.05, 0) is 40.2 Å². The van der Waals surface area contributed by atoms with Gasteiger partial charge in [-0.15, -0.1) is 0 Å². The Kier molecular flexibility index (Phi) is 3.96. The van der Waals surface area contributed by atoms with Crippen LogP contribution in [0, 0.1) is 10.1 Å². The maximum Gasteiger partial charge on any atom is 0.331 e. The van der Waals surface area contributed by atoms with Crippen molar-refractivity contribution in [3.63, 3.8) is 0 Å². The summed E-state index contributed by atoms with van der Waals surface area (Å²) in [5.74, 6) is 1.01. The molecule has 98 valence electrons. The number of hydrogen-bond acceptors (Lipinski definition) is 5. The van der Waals surface area contributed by atoms with Crippen LogP contribution in [-0.2, 0) is 0 Å². The fraction of sp³-hybridized carbons (Fsp3) is 0.0833. The summed E-state index contributed by atoms with van der Waals surface area (Å²) in [6.45, 7) is 0. The molecule has 0 aliphatic rings. The van der Waals surface area contributed by atoms with Gasteiger partial charge >= 0.3 is 5.69 Å². The van der Waals surface area contributed by atoms with Crippen molar-refractivity contribution in [3.8, 4) is 17.4 Å². The van der Waals surface area contributed by atoms with Gasteiger partial charge in [0.05, 0.1) is 16.5 Å². The van der Waals surface area contributed by atoms with Crippen molar-refractivity contribution in [1.29, 1.82) is 0 Å². The van der Waals surface area contributed by atoms with Gasteiger partial charge in [0.2, 0.25) is 0 Å². The van der Waals surface area contributed by atoms with E-state index in [9.17, 15) is 10.1 Å². The van der Waals surface area contributed by atoms with Crippen LogP contribution in [-0.4, -0.2) is 17.0 Å². The zero-order valence-corrected chi connectivity index (χ0v) is 11.5. The maximum atomic E-state index is 10.9. The molecule has 0 atom stereocenters. The molecule has 1 heterocycles. The fourth-order valence-corrected chi connectivity index (χ4v) is 1.83. The van der Waals surface area contributed by atoms with Gasteiger partial charge in [-0.3, -0.25) is 10.1 Å². The van der Waals surface area contributed by atoms with E-state index in [1.807, 2.05) is 0 Å². The average molecular weight is 325 g/mol. The van der Waals surface area contributed by atoms with E-state index in [-0.39, 0.29) is 11.6 Å². The maximum absolute atomic E-state index is 10.9. The van der Waals surface area contributed by atoms with Crippen molar-refractivity contribution in [3.05, 3.63) is 51.1 Å². The van der Waals surface area contributed by atoms with Gasteiger partial charge in [0.15, 0.2) is 0 Å². The minimum absolute atomic E-state index is 0.0571. The van der Waals surface area contributed by atoms with Crippen LogP contribution in [0.1, 0.15) is 0 Å². The van der Waals surface area contributed by atoms with Crippen molar-refractivity contribution in [2.75, 3.05) is 7.11 Å². The highest BCUT2D eigenvalue weighted by Gasteiger charge is 2.17. The molecule has 0 unspecified atom stereocenters. The Bertz CT molecular complexity index is 618. The van der Waals surface area contributed by atoms with E-state index in [1.54, 1.807) is 25.3 Å². The molecule has 0 aliphatic heterocycles. The molecule has 0 radical (unpaired) electrons. The number of benzene rings is 1. The van der Waals surface area contributed by atoms with Crippen LogP contribution < -0.4 is 9.47 Å². The van der Waals surface area contributed by atoms with Crippen molar-refractivity contribution in [2.45, 2.75) is 0 Å². The third-order valence-corrected chi connectivity index (χ3v) is 2.91. The molecular weight excluding hydrogens is 316 g/mol. The van der Waals surface area contributed by atoms with Gasteiger partial charge in [-0.1, -0.05) is 0 Å². The predicted octanol–water partition coefficient (Wildman–Crippen LogP) is 3.55. The van der Waals surface area contributed by atoms with E-state index in [0.29, 0.717) is 16.0 Å². The third-order valence-electron chi connectivity index (χ3n) is 2.29. The molecule has 19 heavy (non-hydrogen) atoms. The number of nitro groups is 1. The second-order valence-electron chi connectivity index (χ2n) is 3.48. The van der Waals surface area contributed by atoms with Crippen molar-refractivity contribution in [2.24, 2.45) is 0 Å². The van der Waals surface area contributed by atoms with E-state index in [2.05, 4.69) is 20.9 Å². The molecule has 2 aromatic rings. The second kappa shape index (κ2) is 5.66. The van der Waals surface area contributed by atoms with E-state index < -0.39 is 4.92 Å². The lowest BCUT2D eigenvalue weighted by atomic mass is 10.3. The molecule has 0 fully saturated rings. The number of nitrogens with zero attached hydrogens (tertiary/aromatic N) is 2. The summed E-state index contributed by atoms with van der Waals surface area (Å²) >= 11 is 3.30. The molecule has 1 aromatic carbocycles. The van der Waals surface area contributed by atoms with Crippen LogP contribution >= 0.6 is 15.9 Å². The van der Waals surface area contributed by atoms with Gasteiger partial charge in [-0.25, -0.2) is 4.98 Å². The van der Waals surface area contributed by atoms with Gasteiger partial charge in [0.25, 0.3) is 5.88 Å². The lowest BCUT2D eigenvalue weighted by molar-refractivity contribution is -0.386. The minimum Gasteiger partial charge on any atom is -0.497 e. The first kappa shape index (κ1) is 13.3. The third kappa shape index (κ3) is 3.00. The first-order chi connectivity index (χ1) is 9.11. The number of halogens is 1. The predicted molar refractivity (Wildman–Crippen MR) is 71.7 cm³/mol. The van der Waals surface area contributed by atoms with Crippen molar-refractivity contribution < 1.29 is 14.4 Å². The number of methoxy groups -OCH3 is 1. The Morgan fingerprint density at radius 3 is 2.79 bits per heavy atom. The molecule has 2 rings (SSSR count). The molecule has 0 spiro atoms. The zero-order chi connectivity index (χ0) is 13.8. The number of ether oxygens (including phenoxy) is 2. The summed E-state index contributed by atoms with van der Waals surface area (Å²) in [6, 6.07) is 7.84. The Morgan fingerprint density at radius 2 is 2.16 bits per heavy atom. The molecule has 0 bridgehead atoms. The first-order valence-corrected chi connectivity index (χ1v) is 6.02. The van der Waals surface area contributed by atoms with Crippen molar-refractivity contribution >= 4 is 21.6 Å². The quantitative estimate of drug-likeness (QED) is 0.635. The molecule has 0 aliphatic carbocycles. The molecule has 7 heteroatoms. The molecule has 1 aromatic heterocycles. The van der Waals surface area contributed by atoms with Crippen molar-refractivity contribution in [1.82, 2.24) is 4.98 Å². The summed E-state index contributed by atoms with van der Waals surface area (Å²) in [5.41, 5.74) is -0.190. The first-order valence-electron chi connectivity index (χ1n) is 5.22. The highest BCUT2D eigenvalue weighted by Crippen LogP contribution is 2.35. The van der Waals surface area contributed by atoms with Crippen LogP contribution in [0.25, 0.3) is 0 Å². The lowest BCUT2D eigenvalue weighted by Gasteiger charge is -2.08. The van der Waals surface area contributed by atoms with Gasteiger partial charge in [0, 0.05) is 12.3 Å². The van der Waals surface area contributed by atoms with Crippen LogP contribution in [0.2, 0.25) is 0 Å². The molecular formula is C12H9BrN2O4. The number of aromatic nitrogens is 1. The monoisotopic (exact) mass is 324 g/mol. The summed E-state index contributed by atoms with van der Waals surface area (Å²) in [6.07, 6.45) is 1.43. The van der Waals surface area contributed by atoms with E-state index in [0.717, 1.165) is 0 Å². The summed E-state index contributed by atoms with van der Waals surface area (Å²) < 4.78 is 11.1. The Balaban J connectivity index is 2.34. The molecule has 6 nitrogen and oxygen atoms in total. The van der Waals surface area contributed by atoms with Crippen LogP contribution in [0.5, 0.6) is 17.4 Å². The van der Waals surface area contributed by atoms with Crippen LogP contribution in [0.4, 0.5) is 5.69 Å². The lowest BCUT2D eigenvalue weighted by Crippen LogP contribution is -1.96. The van der Waals surface area contributed by atoms with Gasteiger partial charge in [-0.2, -0.15) is 0 Å². The number of rotatable bonds is 4. The van der Waals surface area contributed by atoms with Gasteiger partial charge in [0.1, 0.15) is 11.5 Å². The normalized spacial score (nSPS) is 10.0. The standard InChI is InChI=1S/C12H9BrN2O4/c1-18-8-4-5-11(9(13)7-8)19-12-10(15(16)17)3-2-6-14-12/h2-7H,1H3. The topological polar surface area (TPSA) is 74.5 Å².